The van der Waals surface area contributed by atoms with E-state index < -0.39 is 0 Å². The van der Waals surface area contributed by atoms with Crippen molar-refractivity contribution in [3.63, 3.8) is 0 Å². The number of thioether (sulfide) groups is 1. The third-order valence-corrected chi connectivity index (χ3v) is 3.62. The standard InChI is InChI=1S/C13H20FNS/c1-2-3-4-8-16-10-12-7-5-6-11(9-15)13(12)14/h5-7H,2-4,8-10,15H2,1H3. The average Bonchev–Trinajstić information content (AvgIpc) is 2.31. The molecule has 2 N–H and O–H groups in total. The van der Waals surface area contributed by atoms with E-state index in [0.29, 0.717) is 5.56 Å². The van der Waals surface area contributed by atoms with Crippen LogP contribution in [0.1, 0.15) is 37.3 Å². The Morgan fingerprint density at radius 2 is 2.00 bits per heavy atom. The van der Waals surface area contributed by atoms with Crippen molar-refractivity contribution < 1.29 is 4.39 Å². The van der Waals surface area contributed by atoms with Crippen molar-refractivity contribution in [3.05, 3.63) is 35.1 Å². The second kappa shape index (κ2) is 7.69. The summed E-state index contributed by atoms with van der Waals surface area (Å²) < 4.78 is 13.8. The van der Waals surface area contributed by atoms with Gasteiger partial charge < -0.3 is 5.73 Å². The van der Waals surface area contributed by atoms with Crippen LogP contribution in [0.4, 0.5) is 4.39 Å². The molecule has 0 bridgehead atoms. The second-order valence-electron chi connectivity index (χ2n) is 3.85. The summed E-state index contributed by atoms with van der Waals surface area (Å²) in [5.74, 6) is 1.75. The van der Waals surface area contributed by atoms with Gasteiger partial charge in [0.25, 0.3) is 0 Å². The van der Waals surface area contributed by atoms with E-state index in [4.69, 9.17) is 5.73 Å². The van der Waals surface area contributed by atoms with Gasteiger partial charge in [-0.25, -0.2) is 4.39 Å². The summed E-state index contributed by atoms with van der Waals surface area (Å²) in [7, 11) is 0. The normalized spacial score (nSPS) is 10.7. The Balaban J connectivity index is 2.41. The maximum absolute atomic E-state index is 13.8. The van der Waals surface area contributed by atoms with Gasteiger partial charge in [0.1, 0.15) is 5.82 Å². The van der Waals surface area contributed by atoms with Crippen LogP contribution in [0.3, 0.4) is 0 Å². The van der Waals surface area contributed by atoms with Gasteiger partial charge in [-0.15, -0.1) is 0 Å². The fourth-order valence-electron chi connectivity index (χ4n) is 1.54. The largest absolute Gasteiger partial charge is 0.326 e. The quantitative estimate of drug-likeness (QED) is 0.736. The zero-order valence-corrected chi connectivity index (χ0v) is 10.7. The van der Waals surface area contributed by atoms with E-state index in [2.05, 4.69) is 6.92 Å². The minimum absolute atomic E-state index is 0.118. The highest BCUT2D eigenvalue weighted by atomic mass is 32.2. The molecule has 0 saturated carbocycles. The topological polar surface area (TPSA) is 26.0 Å². The SMILES string of the molecule is CCCCCSCc1cccc(CN)c1F. The zero-order valence-electron chi connectivity index (χ0n) is 9.84. The van der Waals surface area contributed by atoms with Crippen LogP contribution in [-0.4, -0.2) is 5.75 Å². The third kappa shape index (κ3) is 4.14. The molecule has 16 heavy (non-hydrogen) atoms. The van der Waals surface area contributed by atoms with Crippen LogP contribution in [0.2, 0.25) is 0 Å². The van der Waals surface area contributed by atoms with Crippen molar-refractivity contribution in [1.82, 2.24) is 0 Å². The molecule has 0 aliphatic rings. The van der Waals surface area contributed by atoms with Gasteiger partial charge in [0.05, 0.1) is 0 Å². The molecule has 1 nitrogen and oxygen atoms in total. The molecule has 0 saturated heterocycles. The Labute approximate surface area is 102 Å². The Kier molecular flexibility index (Phi) is 6.50. The average molecular weight is 241 g/mol. The van der Waals surface area contributed by atoms with E-state index in [0.717, 1.165) is 17.1 Å². The third-order valence-electron chi connectivity index (χ3n) is 2.53. The molecule has 0 atom stereocenters. The van der Waals surface area contributed by atoms with E-state index in [1.807, 2.05) is 12.1 Å². The number of unbranched alkanes of at least 4 members (excludes halogenated alkanes) is 2. The first-order chi connectivity index (χ1) is 7.79. The maximum atomic E-state index is 13.8. The molecule has 0 radical (unpaired) electrons. The number of nitrogens with two attached hydrogens (primary N) is 1. The Morgan fingerprint density at radius 3 is 2.69 bits per heavy atom. The minimum Gasteiger partial charge on any atom is -0.326 e. The first-order valence-corrected chi connectivity index (χ1v) is 6.99. The summed E-state index contributed by atoms with van der Waals surface area (Å²) in [5.41, 5.74) is 6.87. The molecule has 3 heteroatoms. The molecular formula is C13H20FNS. The van der Waals surface area contributed by atoms with Gasteiger partial charge >= 0.3 is 0 Å². The van der Waals surface area contributed by atoms with Crippen LogP contribution in [0.25, 0.3) is 0 Å². The minimum atomic E-state index is -0.118. The van der Waals surface area contributed by atoms with Crippen LogP contribution in [-0.2, 0) is 12.3 Å². The van der Waals surface area contributed by atoms with Gasteiger partial charge in [-0.05, 0) is 17.7 Å². The second-order valence-corrected chi connectivity index (χ2v) is 4.96. The first-order valence-electron chi connectivity index (χ1n) is 5.83. The molecule has 0 aliphatic heterocycles. The van der Waals surface area contributed by atoms with Crippen LogP contribution in [0.5, 0.6) is 0 Å². The molecule has 0 fully saturated rings. The Bertz CT molecular complexity index is 315. The number of halogens is 1. The van der Waals surface area contributed by atoms with Crippen LogP contribution < -0.4 is 5.73 Å². The Morgan fingerprint density at radius 1 is 1.25 bits per heavy atom. The van der Waals surface area contributed by atoms with Crippen LogP contribution in [0, 0.1) is 5.82 Å². The highest BCUT2D eigenvalue weighted by Gasteiger charge is 2.06. The van der Waals surface area contributed by atoms with E-state index in [1.54, 1.807) is 17.8 Å². The van der Waals surface area contributed by atoms with E-state index >= 15 is 0 Å². The summed E-state index contributed by atoms with van der Waals surface area (Å²) in [4.78, 5) is 0. The van der Waals surface area contributed by atoms with Gasteiger partial charge in [-0.1, -0.05) is 38.0 Å². The Hall–Kier alpha value is -0.540. The lowest BCUT2D eigenvalue weighted by atomic mass is 10.1. The van der Waals surface area contributed by atoms with Gasteiger partial charge in [-0.3, -0.25) is 0 Å². The van der Waals surface area contributed by atoms with E-state index in [9.17, 15) is 4.39 Å². The van der Waals surface area contributed by atoms with Crippen molar-refractivity contribution in [3.8, 4) is 0 Å². The molecule has 90 valence electrons. The predicted molar refractivity (Wildman–Crippen MR) is 70.0 cm³/mol. The molecule has 0 aromatic heterocycles. The molecule has 1 aromatic carbocycles. The predicted octanol–water partition coefficient (Wildman–Crippen LogP) is 3.71. The molecular weight excluding hydrogens is 221 g/mol. The molecule has 0 amide bonds. The fourth-order valence-corrected chi connectivity index (χ4v) is 2.53. The van der Waals surface area contributed by atoms with Gasteiger partial charge in [-0.2, -0.15) is 11.8 Å². The summed E-state index contributed by atoms with van der Waals surface area (Å²) in [6.45, 7) is 2.47. The molecule has 0 unspecified atom stereocenters. The summed E-state index contributed by atoms with van der Waals surface area (Å²) in [6, 6.07) is 5.48. The molecule has 1 aromatic rings. The summed E-state index contributed by atoms with van der Waals surface area (Å²) in [5, 5.41) is 0. The molecule has 0 spiro atoms. The first kappa shape index (κ1) is 13.5. The monoisotopic (exact) mass is 241 g/mol. The number of rotatable bonds is 7. The van der Waals surface area contributed by atoms with Crippen molar-refractivity contribution >= 4 is 11.8 Å². The summed E-state index contributed by atoms with van der Waals surface area (Å²) >= 11 is 1.80. The zero-order chi connectivity index (χ0) is 11.8. The van der Waals surface area contributed by atoms with Crippen molar-refractivity contribution in [1.29, 1.82) is 0 Å². The van der Waals surface area contributed by atoms with Crippen LogP contribution in [0.15, 0.2) is 18.2 Å². The van der Waals surface area contributed by atoms with Crippen molar-refractivity contribution in [2.75, 3.05) is 5.75 Å². The number of hydrogen-bond donors (Lipinski definition) is 1. The maximum Gasteiger partial charge on any atom is 0.131 e. The lowest BCUT2D eigenvalue weighted by Crippen LogP contribution is -2.02. The molecule has 1 rings (SSSR count). The number of benzene rings is 1. The smallest absolute Gasteiger partial charge is 0.131 e. The van der Waals surface area contributed by atoms with Crippen molar-refractivity contribution in [2.45, 2.75) is 38.5 Å². The molecule has 0 heterocycles. The van der Waals surface area contributed by atoms with Gasteiger partial charge in [0.15, 0.2) is 0 Å². The summed E-state index contributed by atoms with van der Waals surface area (Å²) in [6.07, 6.45) is 3.72. The van der Waals surface area contributed by atoms with E-state index in [-0.39, 0.29) is 12.4 Å². The van der Waals surface area contributed by atoms with E-state index in [1.165, 1.54) is 19.3 Å². The highest BCUT2D eigenvalue weighted by Crippen LogP contribution is 2.19. The van der Waals surface area contributed by atoms with Gasteiger partial charge in [0.2, 0.25) is 0 Å². The fraction of sp³-hybridized carbons (Fsp3) is 0.538. The highest BCUT2D eigenvalue weighted by molar-refractivity contribution is 7.98. The van der Waals surface area contributed by atoms with Crippen molar-refractivity contribution in [2.24, 2.45) is 5.73 Å². The number of hydrogen-bond acceptors (Lipinski definition) is 2. The lowest BCUT2D eigenvalue weighted by molar-refractivity contribution is 0.600. The lowest BCUT2D eigenvalue weighted by Gasteiger charge is -2.06. The van der Waals surface area contributed by atoms with Crippen LogP contribution >= 0.6 is 11.8 Å². The molecule has 0 aliphatic carbocycles. The van der Waals surface area contributed by atoms with Gasteiger partial charge in [0, 0.05) is 17.9 Å².